The van der Waals surface area contributed by atoms with Crippen molar-refractivity contribution in [3.05, 3.63) is 36.9 Å². The smallest absolute Gasteiger partial charge is 0.242 e. The van der Waals surface area contributed by atoms with Crippen LogP contribution >= 0.6 is 0 Å². The number of anilines is 2. The van der Waals surface area contributed by atoms with Gasteiger partial charge in [0.05, 0.1) is 5.75 Å². The van der Waals surface area contributed by atoms with Crippen LogP contribution in [0.25, 0.3) is 0 Å². The molecule has 0 radical (unpaired) electrons. The van der Waals surface area contributed by atoms with Crippen LogP contribution in [0.15, 0.2) is 36.9 Å². The first kappa shape index (κ1) is 17.0. The van der Waals surface area contributed by atoms with E-state index in [2.05, 4.69) is 21.9 Å². The number of carbonyl (C=O) groups is 1. The van der Waals surface area contributed by atoms with Crippen LogP contribution in [0.4, 0.5) is 11.4 Å². The van der Waals surface area contributed by atoms with Crippen molar-refractivity contribution in [3.63, 3.8) is 0 Å². The molecule has 0 bridgehead atoms. The fourth-order valence-electron chi connectivity index (χ4n) is 1.53. The molecule has 21 heavy (non-hydrogen) atoms. The third-order valence-electron chi connectivity index (χ3n) is 2.74. The standard InChI is InChI=1S/C14H21N3O3S/c1-4-10-15-14(18)11(3)16-12-6-8-13(9-7-12)17-21(19,20)5-2/h4,6-9,11,16-17H,1,5,10H2,2-3H3,(H,15,18)/t11-/m1/s1. The van der Waals surface area contributed by atoms with Crippen LogP contribution in [0.2, 0.25) is 0 Å². The van der Waals surface area contributed by atoms with Crippen LogP contribution in [-0.4, -0.2) is 32.7 Å². The third kappa shape index (κ3) is 5.86. The molecule has 1 atom stereocenters. The van der Waals surface area contributed by atoms with Crippen LogP contribution in [0.5, 0.6) is 0 Å². The first-order chi connectivity index (χ1) is 9.88. The molecule has 0 fully saturated rings. The minimum Gasteiger partial charge on any atom is -0.374 e. The maximum atomic E-state index is 11.7. The van der Waals surface area contributed by atoms with E-state index in [9.17, 15) is 13.2 Å². The normalized spacial score (nSPS) is 12.3. The second-order valence-electron chi connectivity index (χ2n) is 4.48. The predicted octanol–water partition coefficient (Wildman–Crippen LogP) is 1.55. The van der Waals surface area contributed by atoms with Crippen molar-refractivity contribution in [2.24, 2.45) is 0 Å². The Bertz CT molecular complexity index is 582. The summed E-state index contributed by atoms with van der Waals surface area (Å²) in [4.78, 5) is 11.7. The van der Waals surface area contributed by atoms with Crippen LogP contribution in [0.3, 0.4) is 0 Å². The zero-order chi connectivity index (χ0) is 15.9. The summed E-state index contributed by atoms with van der Waals surface area (Å²) in [5.74, 6) is -0.112. The Kier molecular flexibility index (Phi) is 6.23. The van der Waals surface area contributed by atoms with E-state index in [4.69, 9.17) is 0 Å². The molecule has 3 N–H and O–H groups in total. The summed E-state index contributed by atoms with van der Waals surface area (Å²) in [6.07, 6.45) is 1.61. The summed E-state index contributed by atoms with van der Waals surface area (Å²) in [5, 5.41) is 5.72. The van der Waals surface area contributed by atoms with Gasteiger partial charge in [-0.25, -0.2) is 8.42 Å². The van der Waals surface area contributed by atoms with Crippen molar-refractivity contribution < 1.29 is 13.2 Å². The van der Waals surface area contributed by atoms with Gasteiger partial charge in [0.15, 0.2) is 0 Å². The molecule has 0 saturated heterocycles. The van der Waals surface area contributed by atoms with Gasteiger partial charge in [-0.2, -0.15) is 0 Å². The first-order valence-electron chi connectivity index (χ1n) is 6.63. The summed E-state index contributed by atoms with van der Waals surface area (Å²) in [7, 11) is -3.28. The molecular weight excluding hydrogens is 290 g/mol. The molecule has 1 aromatic rings. The Hall–Kier alpha value is -2.02. The van der Waals surface area contributed by atoms with Crippen LogP contribution in [0, 0.1) is 0 Å². The fourth-order valence-corrected chi connectivity index (χ4v) is 2.17. The lowest BCUT2D eigenvalue weighted by Crippen LogP contribution is -2.37. The highest BCUT2D eigenvalue weighted by Crippen LogP contribution is 2.15. The Morgan fingerprint density at radius 1 is 1.29 bits per heavy atom. The number of benzene rings is 1. The minimum absolute atomic E-state index is 0.0213. The van der Waals surface area contributed by atoms with Crippen molar-refractivity contribution in [1.29, 1.82) is 0 Å². The Morgan fingerprint density at radius 2 is 1.86 bits per heavy atom. The van der Waals surface area contributed by atoms with Gasteiger partial charge in [0.1, 0.15) is 6.04 Å². The van der Waals surface area contributed by atoms with Gasteiger partial charge < -0.3 is 10.6 Å². The molecule has 6 nitrogen and oxygen atoms in total. The van der Waals surface area contributed by atoms with E-state index in [1.807, 2.05) is 0 Å². The van der Waals surface area contributed by atoms with E-state index in [-0.39, 0.29) is 11.7 Å². The second-order valence-corrected chi connectivity index (χ2v) is 6.49. The number of rotatable bonds is 8. The fraction of sp³-hybridized carbons (Fsp3) is 0.357. The third-order valence-corrected chi connectivity index (χ3v) is 4.04. The van der Waals surface area contributed by atoms with Gasteiger partial charge in [-0.05, 0) is 38.1 Å². The highest BCUT2D eigenvalue weighted by atomic mass is 32.2. The predicted molar refractivity (Wildman–Crippen MR) is 85.8 cm³/mol. The molecule has 0 spiro atoms. The summed E-state index contributed by atoms with van der Waals surface area (Å²) < 4.78 is 25.3. The first-order valence-corrected chi connectivity index (χ1v) is 8.29. The summed E-state index contributed by atoms with van der Waals surface area (Å²) in [5.41, 5.74) is 1.22. The molecule has 0 aromatic heterocycles. The molecule has 0 aliphatic carbocycles. The average molecular weight is 311 g/mol. The molecule has 0 unspecified atom stereocenters. The molecular formula is C14H21N3O3S. The molecule has 0 aliphatic heterocycles. The monoisotopic (exact) mass is 311 g/mol. The number of carbonyl (C=O) groups excluding carboxylic acids is 1. The molecule has 1 rings (SSSR count). The van der Waals surface area contributed by atoms with Gasteiger partial charge in [0.2, 0.25) is 15.9 Å². The summed E-state index contributed by atoms with van der Waals surface area (Å²) in [6, 6.07) is 6.31. The van der Waals surface area contributed by atoms with E-state index in [0.29, 0.717) is 12.2 Å². The van der Waals surface area contributed by atoms with Crippen molar-refractivity contribution in [2.75, 3.05) is 22.3 Å². The molecule has 1 amide bonds. The van der Waals surface area contributed by atoms with E-state index < -0.39 is 16.1 Å². The summed E-state index contributed by atoms with van der Waals surface area (Å²) in [6.45, 7) is 7.26. The van der Waals surface area contributed by atoms with Crippen molar-refractivity contribution in [3.8, 4) is 0 Å². The highest BCUT2D eigenvalue weighted by Gasteiger charge is 2.11. The van der Waals surface area contributed by atoms with Gasteiger partial charge in [-0.15, -0.1) is 6.58 Å². The van der Waals surface area contributed by atoms with E-state index in [0.717, 1.165) is 5.69 Å². The Morgan fingerprint density at radius 3 is 2.38 bits per heavy atom. The second kappa shape index (κ2) is 7.68. The maximum Gasteiger partial charge on any atom is 0.242 e. The van der Waals surface area contributed by atoms with Crippen LogP contribution in [0.1, 0.15) is 13.8 Å². The summed E-state index contributed by atoms with van der Waals surface area (Å²) >= 11 is 0. The topological polar surface area (TPSA) is 87.3 Å². The molecule has 116 valence electrons. The SMILES string of the molecule is C=CCNC(=O)[C@@H](C)Nc1ccc(NS(=O)(=O)CC)cc1. The minimum atomic E-state index is -3.28. The largest absolute Gasteiger partial charge is 0.374 e. The van der Waals surface area contributed by atoms with Gasteiger partial charge in [0.25, 0.3) is 0 Å². The number of amides is 1. The van der Waals surface area contributed by atoms with Gasteiger partial charge >= 0.3 is 0 Å². The van der Waals surface area contributed by atoms with Crippen molar-refractivity contribution >= 4 is 27.3 Å². The number of nitrogens with one attached hydrogen (secondary N) is 3. The maximum absolute atomic E-state index is 11.7. The Balaban J connectivity index is 2.62. The molecule has 7 heteroatoms. The Labute approximate surface area is 125 Å². The van der Waals surface area contributed by atoms with Crippen LogP contribution < -0.4 is 15.4 Å². The molecule has 0 saturated carbocycles. The highest BCUT2D eigenvalue weighted by molar-refractivity contribution is 7.92. The number of sulfonamides is 1. The lowest BCUT2D eigenvalue weighted by Gasteiger charge is -2.15. The average Bonchev–Trinajstić information content (AvgIpc) is 2.46. The zero-order valence-corrected chi connectivity index (χ0v) is 13.0. The quantitative estimate of drug-likeness (QED) is 0.636. The van der Waals surface area contributed by atoms with Gasteiger partial charge in [-0.3, -0.25) is 9.52 Å². The lowest BCUT2D eigenvalue weighted by molar-refractivity contribution is -0.121. The van der Waals surface area contributed by atoms with Gasteiger partial charge in [0, 0.05) is 17.9 Å². The number of hydrogen-bond donors (Lipinski definition) is 3. The molecule has 0 aliphatic rings. The molecule has 0 heterocycles. The zero-order valence-electron chi connectivity index (χ0n) is 12.2. The van der Waals surface area contributed by atoms with Gasteiger partial charge in [-0.1, -0.05) is 6.08 Å². The van der Waals surface area contributed by atoms with E-state index >= 15 is 0 Å². The lowest BCUT2D eigenvalue weighted by atomic mass is 10.2. The van der Waals surface area contributed by atoms with E-state index in [1.54, 1.807) is 44.2 Å². The van der Waals surface area contributed by atoms with E-state index in [1.165, 1.54) is 0 Å². The van der Waals surface area contributed by atoms with Crippen LogP contribution in [-0.2, 0) is 14.8 Å². The number of hydrogen-bond acceptors (Lipinski definition) is 4. The van der Waals surface area contributed by atoms with Crippen molar-refractivity contribution in [2.45, 2.75) is 19.9 Å². The molecule has 1 aromatic carbocycles. The van der Waals surface area contributed by atoms with Crippen molar-refractivity contribution in [1.82, 2.24) is 5.32 Å².